The van der Waals surface area contributed by atoms with E-state index < -0.39 is 0 Å². The lowest BCUT2D eigenvalue weighted by Gasteiger charge is -2.08. The van der Waals surface area contributed by atoms with Crippen LogP contribution in [-0.2, 0) is 0 Å². The number of hydrogen-bond donors (Lipinski definition) is 1. The molecule has 0 amide bonds. The van der Waals surface area contributed by atoms with E-state index in [0.29, 0.717) is 0 Å². The Hall–Kier alpha value is -0.560. The first-order chi connectivity index (χ1) is 5.84. The Bertz CT molecular complexity index is 179. The van der Waals surface area contributed by atoms with Crippen LogP contribution in [0, 0.1) is 0 Å². The molecule has 0 aromatic heterocycles. The number of aliphatic hydroxyl groups is 1. The first kappa shape index (κ1) is 9.53. The molecule has 1 unspecified atom stereocenters. The van der Waals surface area contributed by atoms with Gasteiger partial charge in [0, 0.05) is 0 Å². The molecule has 0 aromatic rings. The largest absolute Gasteiger partial charge is 0.385 e. The van der Waals surface area contributed by atoms with E-state index in [-0.39, 0.29) is 6.10 Å². The minimum Gasteiger partial charge on any atom is -0.385 e. The molecule has 1 nitrogen and oxygen atoms in total. The number of allylic oxidation sites excluding steroid dienone is 2. The molecule has 1 aliphatic carbocycles. The molecule has 0 aliphatic heterocycles. The summed E-state index contributed by atoms with van der Waals surface area (Å²) < 4.78 is 0. The van der Waals surface area contributed by atoms with E-state index in [1.54, 1.807) is 0 Å². The van der Waals surface area contributed by atoms with Crippen molar-refractivity contribution in [3.63, 3.8) is 0 Å². The van der Waals surface area contributed by atoms with Crippen LogP contribution in [0.4, 0.5) is 0 Å². The standard InChI is InChI=1S/C11H18O/c1-2-7-11(12)10-8-5-3-4-6-9-10/h2,7-8,11-12H,3-6,9H2,1H3/b7-2+. The maximum Gasteiger partial charge on any atom is 0.0931 e. The normalized spacial score (nSPS) is 22.0. The Kier molecular flexibility index (Phi) is 4.09. The molecule has 0 spiro atoms. The van der Waals surface area contributed by atoms with Gasteiger partial charge in [0.2, 0.25) is 0 Å². The zero-order valence-electron chi connectivity index (χ0n) is 7.79. The molecule has 0 saturated carbocycles. The summed E-state index contributed by atoms with van der Waals surface area (Å²) in [6, 6.07) is 0. The lowest BCUT2D eigenvalue weighted by molar-refractivity contribution is 0.254. The van der Waals surface area contributed by atoms with Crippen LogP contribution < -0.4 is 0 Å². The van der Waals surface area contributed by atoms with Gasteiger partial charge >= 0.3 is 0 Å². The first-order valence-electron chi connectivity index (χ1n) is 4.84. The van der Waals surface area contributed by atoms with Crippen molar-refractivity contribution in [1.29, 1.82) is 0 Å². The molecule has 68 valence electrons. The van der Waals surface area contributed by atoms with E-state index in [4.69, 9.17) is 0 Å². The van der Waals surface area contributed by atoms with Crippen LogP contribution in [0.3, 0.4) is 0 Å². The van der Waals surface area contributed by atoms with Crippen molar-refractivity contribution in [3.05, 3.63) is 23.8 Å². The van der Waals surface area contributed by atoms with Gasteiger partial charge in [0.1, 0.15) is 0 Å². The van der Waals surface area contributed by atoms with Gasteiger partial charge in [0.15, 0.2) is 0 Å². The molecule has 1 atom stereocenters. The van der Waals surface area contributed by atoms with Crippen LogP contribution in [0.15, 0.2) is 23.8 Å². The smallest absolute Gasteiger partial charge is 0.0931 e. The van der Waals surface area contributed by atoms with Crippen molar-refractivity contribution in [2.75, 3.05) is 0 Å². The predicted octanol–water partition coefficient (Wildman–Crippen LogP) is 2.81. The fraction of sp³-hybridized carbons (Fsp3) is 0.636. The van der Waals surface area contributed by atoms with Crippen LogP contribution in [-0.4, -0.2) is 11.2 Å². The molecule has 1 N–H and O–H groups in total. The Labute approximate surface area is 74.8 Å². The predicted molar refractivity (Wildman–Crippen MR) is 52.0 cm³/mol. The van der Waals surface area contributed by atoms with Crippen molar-refractivity contribution in [1.82, 2.24) is 0 Å². The molecular weight excluding hydrogens is 148 g/mol. The van der Waals surface area contributed by atoms with Crippen LogP contribution in [0.2, 0.25) is 0 Å². The maximum atomic E-state index is 9.64. The molecule has 0 fully saturated rings. The lowest BCUT2D eigenvalue weighted by atomic mass is 10.0. The van der Waals surface area contributed by atoms with Gasteiger partial charge in [-0.1, -0.05) is 24.6 Å². The van der Waals surface area contributed by atoms with Gasteiger partial charge in [-0.15, -0.1) is 0 Å². The summed E-state index contributed by atoms with van der Waals surface area (Å²) in [6.07, 6.45) is 11.7. The van der Waals surface area contributed by atoms with Crippen molar-refractivity contribution < 1.29 is 5.11 Å². The van der Waals surface area contributed by atoms with Gasteiger partial charge in [-0.25, -0.2) is 0 Å². The zero-order chi connectivity index (χ0) is 8.81. The molecule has 0 bridgehead atoms. The first-order valence-corrected chi connectivity index (χ1v) is 4.84. The number of aliphatic hydroxyl groups excluding tert-OH is 1. The van der Waals surface area contributed by atoms with E-state index in [0.717, 1.165) is 12.8 Å². The fourth-order valence-electron chi connectivity index (χ4n) is 1.61. The molecule has 0 saturated heterocycles. The summed E-state index contributed by atoms with van der Waals surface area (Å²) in [6.45, 7) is 1.94. The number of rotatable bonds is 2. The van der Waals surface area contributed by atoms with Gasteiger partial charge in [-0.2, -0.15) is 0 Å². The van der Waals surface area contributed by atoms with Gasteiger partial charge in [-0.3, -0.25) is 0 Å². The topological polar surface area (TPSA) is 20.2 Å². The minimum absolute atomic E-state index is 0.326. The van der Waals surface area contributed by atoms with Crippen molar-refractivity contribution in [2.45, 2.75) is 45.1 Å². The van der Waals surface area contributed by atoms with Gasteiger partial charge in [0.25, 0.3) is 0 Å². The molecule has 0 heterocycles. The summed E-state index contributed by atoms with van der Waals surface area (Å²) in [4.78, 5) is 0. The Morgan fingerprint density at radius 2 is 2.25 bits per heavy atom. The van der Waals surface area contributed by atoms with Crippen molar-refractivity contribution in [3.8, 4) is 0 Å². The van der Waals surface area contributed by atoms with E-state index in [1.165, 1.54) is 24.8 Å². The highest BCUT2D eigenvalue weighted by atomic mass is 16.3. The van der Waals surface area contributed by atoms with E-state index >= 15 is 0 Å². The molecule has 0 radical (unpaired) electrons. The fourth-order valence-corrected chi connectivity index (χ4v) is 1.61. The van der Waals surface area contributed by atoms with Crippen LogP contribution in [0.1, 0.15) is 39.0 Å². The SMILES string of the molecule is C/C=C/C(O)C1=CCCCCC1. The van der Waals surface area contributed by atoms with E-state index in [9.17, 15) is 5.11 Å². The molecule has 1 aliphatic rings. The van der Waals surface area contributed by atoms with E-state index in [1.807, 2.05) is 19.1 Å². The van der Waals surface area contributed by atoms with Gasteiger partial charge in [0.05, 0.1) is 6.10 Å². The summed E-state index contributed by atoms with van der Waals surface area (Å²) >= 11 is 0. The van der Waals surface area contributed by atoms with E-state index in [2.05, 4.69) is 6.08 Å². The molecular formula is C11H18O. The molecule has 1 heteroatoms. The highest BCUT2D eigenvalue weighted by molar-refractivity contribution is 5.15. The van der Waals surface area contributed by atoms with Crippen LogP contribution in [0.5, 0.6) is 0 Å². The second kappa shape index (κ2) is 5.15. The van der Waals surface area contributed by atoms with Gasteiger partial charge < -0.3 is 5.11 Å². The molecule has 0 aromatic carbocycles. The van der Waals surface area contributed by atoms with Crippen LogP contribution >= 0.6 is 0 Å². The molecule has 1 rings (SSSR count). The average Bonchev–Trinajstić information content (AvgIpc) is 2.32. The third kappa shape index (κ3) is 2.82. The minimum atomic E-state index is -0.326. The quantitative estimate of drug-likeness (QED) is 0.625. The third-order valence-electron chi connectivity index (χ3n) is 2.33. The monoisotopic (exact) mass is 166 g/mol. The summed E-state index contributed by atoms with van der Waals surface area (Å²) in [5.74, 6) is 0. The maximum absolute atomic E-state index is 9.64. The molecule has 12 heavy (non-hydrogen) atoms. The summed E-state index contributed by atoms with van der Waals surface area (Å²) in [5.41, 5.74) is 1.21. The highest BCUT2D eigenvalue weighted by Gasteiger charge is 2.08. The lowest BCUT2D eigenvalue weighted by Crippen LogP contribution is -2.05. The summed E-state index contributed by atoms with van der Waals surface area (Å²) in [7, 11) is 0. The second-order valence-electron chi connectivity index (χ2n) is 3.35. The average molecular weight is 166 g/mol. The third-order valence-corrected chi connectivity index (χ3v) is 2.33. The Balaban J connectivity index is 2.52. The highest BCUT2D eigenvalue weighted by Crippen LogP contribution is 2.20. The van der Waals surface area contributed by atoms with Crippen molar-refractivity contribution >= 4 is 0 Å². The zero-order valence-corrected chi connectivity index (χ0v) is 7.79. The second-order valence-corrected chi connectivity index (χ2v) is 3.35. The Morgan fingerprint density at radius 3 is 3.00 bits per heavy atom. The number of hydrogen-bond acceptors (Lipinski definition) is 1. The van der Waals surface area contributed by atoms with Crippen molar-refractivity contribution in [2.24, 2.45) is 0 Å². The van der Waals surface area contributed by atoms with Gasteiger partial charge in [-0.05, 0) is 38.2 Å². The summed E-state index contributed by atoms with van der Waals surface area (Å²) in [5, 5.41) is 9.64. The Morgan fingerprint density at radius 1 is 1.42 bits per heavy atom. The van der Waals surface area contributed by atoms with Crippen LogP contribution in [0.25, 0.3) is 0 Å².